The highest BCUT2D eigenvalue weighted by molar-refractivity contribution is 7.89. The van der Waals surface area contributed by atoms with Crippen molar-refractivity contribution in [3.8, 4) is 0 Å². The largest absolute Gasteiger partial charge is 0.284 e. The molecule has 0 bridgehead atoms. The normalized spacial score (nSPS) is 24.9. The standard InChI is InChI=1S/C8H13N3O2S/c1-8(2)3-7(8)11-14(12,13)6-4-9-10-5-6/h4-5,7,11H,3H2,1-2H3,(H,9,10). The van der Waals surface area contributed by atoms with Gasteiger partial charge in [0.2, 0.25) is 10.0 Å². The van der Waals surface area contributed by atoms with E-state index in [4.69, 9.17) is 0 Å². The molecule has 0 radical (unpaired) electrons. The number of aromatic amines is 1. The topological polar surface area (TPSA) is 74.8 Å². The molecule has 5 nitrogen and oxygen atoms in total. The average Bonchev–Trinajstić information content (AvgIpc) is 2.57. The van der Waals surface area contributed by atoms with Crippen molar-refractivity contribution in [3.05, 3.63) is 12.4 Å². The van der Waals surface area contributed by atoms with Crippen LogP contribution >= 0.6 is 0 Å². The summed E-state index contributed by atoms with van der Waals surface area (Å²) in [5.74, 6) is 0. The maximum atomic E-state index is 11.7. The molecule has 1 aromatic rings. The minimum atomic E-state index is -3.37. The van der Waals surface area contributed by atoms with Crippen LogP contribution in [0.15, 0.2) is 17.3 Å². The maximum absolute atomic E-state index is 11.7. The van der Waals surface area contributed by atoms with E-state index in [1.54, 1.807) is 0 Å². The quantitative estimate of drug-likeness (QED) is 0.770. The van der Waals surface area contributed by atoms with E-state index in [2.05, 4.69) is 14.9 Å². The van der Waals surface area contributed by atoms with E-state index in [9.17, 15) is 8.42 Å². The predicted molar refractivity (Wildman–Crippen MR) is 51.1 cm³/mol. The summed E-state index contributed by atoms with van der Waals surface area (Å²) in [6, 6.07) is 0.0578. The van der Waals surface area contributed by atoms with Crippen LogP contribution < -0.4 is 4.72 Å². The number of hydrogen-bond donors (Lipinski definition) is 2. The average molecular weight is 215 g/mol. The first-order valence-corrected chi connectivity index (χ1v) is 5.91. The number of hydrogen-bond acceptors (Lipinski definition) is 3. The molecule has 14 heavy (non-hydrogen) atoms. The molecule has 0 saturated heterocycles. The minimum absolute atomic E-state index is 0.0578. The summed E-state index contributed by atoms with van der Waals surface area (Å²) in [6.45, 7) is 4.07. The molecule has 1 atom stereocenters. The van der Waals surface area contributed by atoms with Gasteiger partial charge in [0.25, 0.3) is 0 Å². The lowest BCUT2D eigenvalue weighted by atomic mass is 10.2. The molecule has 2 N–H and O–H groups in total. The van der Waals surface area contributed by atoms with Crippen molar-refractivity contribution in [1.82, 2.24) is 14.9 Å². The van der Waals surface area contributed by atoms with Gasteiger partial charge in [0, 0.05) is 12.2 Å². The molecule has 78 valence electrons. The maximum Gasteiger partial charge on any atom is 0.243 e. The summed E-state index contributed by atoms with van der Waals surface area (Å²) < 4.78 is 26.0. The van der Waals surface area contributed by atoms with E-state index in [1.165, 1.54) is 12.4 Å². The van der Waals surface area contributed by atoms with Crippen molar-refractivity contribution >= 4 is 10.0 Å². The van der Waals surface area contributed by atoms with Gasteiger partial charge in [-0.2, -0.15) is 5.10 Å². The zero-order chi connectivity index (χ0) is 10.4. The molecule has 1 aliphatic rings. The smallest absolute Gasteiger partial charge is 0.243 e. The van der Waals surface area contributed by atoms with Crippen LogP contribution in [-0.4, -0.2) is 24.7 Å². The van der Waals surface area contributed by atoms with Crippen molar-refractivity contribution in [3.63, 3.8) is 0 Å². The fourth-order valence-electron chi connectivity index (χ4n) is 1.31. The van der Waals surface area contributed by atoms with E-state index in [1.807, 2.05) is 13.8 Å². The van der Waals surface area contributed by atoms with Crippen LogP contribution in [0.1, 0.15) is 20.3 Å². The molecular formula is C8H13N3O2S. The van der Waals surface area contributed by atoms with Crippen molar-refractivity contribution < 1.29 is 8.42 Å². The number of rotatable bonds is 3. The van der Waals surface area contributed by atoms with Gasteiger partial charge in [-0.25, -0.2) is 13.1 Å². The Morgan fingerprint density at radius 3 is 2.71 bits per heavy atom. The number of nitrogens with one attached hydrogen (secondary N) is 2. The molecule has 0 aromatic carbocycles. The molecule has 0 aliphatic heterocycles. The Kier molecular flexibility index (Phi) is 1.94. The molecular weight excluding hydrogens is 202 g/mol. The van der Waals surface area contributed by atoms with Crippen LogP contribution in [0.5, 0.6) is 0 Å². The number of aromatic nitrogens is 2. The monoisotopic (exact) mass is 215 g/mol. The zero-order valence-corrected chi connectivity index (χ0v) is 8.93. The van der Waals surface area contributed by atoms with E-state index < -0.39 is 10.0 Å². The van der Waals surface area contributed by atoms with Gasteiger partial charge in [0.05, 0.1) is 6.20 Å². The lowest BCUT2D eigenvalue weighted by Crippen LogP contribution is -2.28. The highest BCUT2D eigenvalue weighted by Gasteiger charge is 2.47. The molecule has 1 heterocycles. The van der Waals surface area contributed by atoms with Gasteiger partial charge in [0.1, 0.15) is 4.90 Å². The van der Waals surface area contributed by atoms with Gasteiger partial charge in [-0.05, 0) is 11.8 Å². The van der Waals surface area contributed by atoms with Crippen LogP contribution in [0, 0.1) is 5.41 Å². The molecule has 6 heteroatoms. The summed E-state index contributed by atoms with van der Waals surface area (Å²) in [4.78, 5) is 0.195. The van der Waals surface area contributed by atoms with Gasteiger partial charge in [-0.15, -0.1) is 0 Å². The fourth-order valence-corrected chi connectivity index (χ4v) is 2.62. The predicted octanol–water partition coefficient (Wildman–Crippen LogP) is 0.486. The first-order chi connectivity index (χ1) is 6.42. The fraction of sp³-hybridized carbons (Fsp3) is 0.625. The van der Waals surface area contributed by atoms with Gasteiger partial charge in [-0.1, -0.05) is 13.8 Å². The summed E-state index contributed by atoms with van der Waals surface area (Å²) in [6.07, 6.45) is 3.57. The minimum Gasteiger partial charge on any atom is -0.284 e. The number of H-pyrrole nitrogens is 1. The summed E-state index contributed by atoms with van der Waals surface area (Å²) >= 11 is 0. The van der Waals surface area contributed by atoms with Gasteiger partial charge < -0.3 is 0 Å². The van der Waals surface area contributed by atoms with Crippen LogP contribution in [0.3, 0.4) is 0 Å². The van der Waals surface area contributed by atoms with E-state index in [0.717, 1.165) is 6.42 Å². The Balaban J connectivity index is 2.12. The van der Waals surface area contributed by atoms with Gasteiger partial charge in [0.15, 0.2) is 0 Å². The molecule has 1 saturated carbocycles. The number of nitrogens with zero attached hydrogens (tertiary/aromatic N) is 1. The lowest BCUT2D eigenvalue weighted by molar-refractivity contribution is 0.555. The van der Waals surface area contributed by atoms with E-state index in [0.29, 0.717) is 0 Å². The zero-order valence-electron chi connectivity index (χ0n) is 8.11. The third-order valence-electron chi connectivity index (χ3n) is 2.59. The van der Waals surface area contributed by atoms with Gasteiger partial charge in [-0.3, -0.25) is 5.10 Å². The third-order valence-corrected chi connectivity index (χ3v) is 4.03. The molecule has 1 aromatic heterocycles. The van der Waals surface area contributed by atoms with Crippen molar-refractivity contribution in [2.24, 2.45) is 5.41 Å². The van der Waals surface area contributed by atoms with Crippen molar-refractivity contribution in [1.29, 1.82) is 0 Å². The Hall–Kier alpha value is -0.880. The highest BCUT2D eigenvalue weighted by Crippen LogP contribution is 2.45. The second-order valence-electron chi connectivity index (χ2n) is 4.30. The molecule has 1 aliphatic carbocycles. The van der Waals surface area contributed by atoms with Crippen molar-refractivity contribution in [2.45, 2.75) is 31.2 Å². The van der Waals surface area contributed by atoms with Crippen LogP contribution in [0.2, 0.25) is 0 Å². The molecule has 0 spiro atoms. The van der Waals surface area contributed by atoms with Crippen LogP contribution in [0.25, 0.3) is 0 Å². The Labute approximate surface area is 83.0 Å². The summed E-state index contributed by atoms with van der Waals surface area (Å²) in [5, 5.41) is 6.09. The Morgan fingerprint density at radius 2 is 2.29 bits per heavy atom. The van der Waals surface area contributed by atoms with E-state index in [-0.39, 0.29) is 16.4 Å². The molecule has 1 unspecified atom stereocenters. The number of sulfonamides is 1. The first-order valence-electron chi connectivity index (χ1n) is 4.43. The van der Waals surface area contributed by atoms with Crippen LogP contribution in [0.4, 0.5) is 0 Å². The Bertz CT molecular complexity index is 421. The summed E-state index contributed by atoms with van der Waals surface area (Å²) in [5.41, 5.74) is 0.0941. The van der Waals surface area contributed by atoms with Gasteiger partial charge >= 0.3 is 0 Å². The van der Waals surface area contributed by atoms with E-state index >= 15 is 0 Å². The summed E-state index contributed by atoms with van der Waals surface area (Å²) in [7, 11) is -3.37. The SMILES string of the molecule is CC1(C)CC1NS(=O)(=O)c1cn[nH]c1. The van der Waals surface area contributed by atoms with Crippen molar-refractivity contribution in [2.75, 3.05) is 0 Å². The Morgan fingerprint density at radius 1 is 1.64 bits per heavy atom. The molecule has 0 amide bonds. The second kappa shape index (κ2) is 2.80. The highest BCUT2D eigenvalue weighted by atomic mass is 32.2. The first kappa shape index (κ1) is 9.67. The third kappa shape index (κ3) is 1.67. The second-order valence-corrected chi connectivity index (χ2v) is 6.01. The van der Waals surface area contributed by atoms with Crippen LogP contribution in [-0.2, 0) is 10.0 Å². The molecule has 1 fully saturated rings. The lowest BCUT2D eigenvalue weighted by Gasteiger charge is -2.05. The molecule has 2 rings (SSSR count).